The average molecular weight is 556 g/mol. The van der Waals surface area contributed by atoms with Crippen molar-refractivity contribution in [2.24, 2.45) is 0 Å². The number of anilines is 1. The van der Waals surface area contributed by atoms with Crippen molar-refractivity contribution >= 4 is 21.9 Å². The van der Waals surface area contributed by atoms with E-state index in [1.807, 2.05) is 0 Å². The maximum atomic E-state index is 14.3. The van der Waals surface area contributed by atoms with Gasteiger partial charge in [-0.2, -0.15) is 17.5 Å². The predicted molar refractivity (Wildman–Crippen MR) is 127 cm³/mol. The van der Waals surface area contributed by atoms with Crippen molar-refractivity contribution in [2.75, 3.05) is 18.9 Å². The number of hydrogen-bond donors (Lipinski definition) is 2. The van der Waals surface area contributed by atoms with Gasteiger partial charge < -0.3 is 10.6 Å². The molecule has 1 aliphatic rings. The molecule has 2 aromatic carbocycles. The minimum Gasteiger partial charge on any atom is -0.357 e. The summed E-state index contributed by atoms with van der Waals surface area (Å²) in [5.41, 5.74) is 0.111. The molecule has 0 unspecified atom stereocenters. The Morgan fingerprint density at radius 2 is 1.74 bits per heavy atom. The Bertz CT molecular complexity index is 1420. The highest BCUT2D eigenvalue weighted by atomic mass is 32.2. The molecule has 202 valence electrons. The lowest BCUT2D eigenvalue weighted by Crippen LogP contribution is -2.45. The number of hydrogen-bond acceptors (Lipinski definition) is 6. The van der Waals surface area contributed by atoms with E-state index in [0.29, 0.717) is 5.56 Å². The number of rotatable bonds is 7. The third kappa shape index (κ3) is 5.91. The van der Waals surface area contributed by atoms with E-state index in [1.165, 1.54) is 25.2 Å². The summed E-state index contributed by atoms with van der Waals surface area (Å²) in [6, 6.07) is 8.44. The van der Waals surface area contributed by atoms with E-state index in [9.17, 15) is 35.2 Å². The molecule has 8 nitrogen and oxygen atoms in total. The van der Waals surface area contributed by atoms with Gasteiger partial charge in [-0.05, 0) is 42.5 Å². The van der Waals surface area contributed by atoms with Crippen molar-refractivity contribution in [1.29, 1.82) is 0 Å². The van der Waals surface area contributed by atoms with Gasteiger partial charge in [-0.1, -0.05) is 12.1 Å². The van der Waals surface area contributed by atoms with Crippen LogP contribution in [-0.2, 0) is 27.5 Å². The number of amides is 1. The zero-order chi connectivity index (χ0) is 27.7. The number of nitrogens with one attached hydrogen (secondary N) is 2. The second kappa shape index (κ2) is 10.6. The van der Waals surface area contributed by atoms with Gasteiger partial charge >= 0.3 is 6.18 Å². The summed E-state index contributed by atoms with van der Waals surface area (Å²) in [5, 5.41) is 5.28. The molecular weight excluding hydrogens is 533 g/mol. The largest absolute Gasteiger partial charge is 0.416 e. The molecule has 0 saturated carbocycles. The topological polar surface area (TPSA) is 104 Å². The number of benzene rings is 2. The Morgan fingerprint density at radius 3 is 2.34 bits per heavy atom. The first kappa shape index (κ1) is 27.4. The Hall–Kier alpha value is -3.65. The summed E-state index contributed by atoms with van der Waals surface area (Å²) >= 11 is 0. The van der Waals surface area contributed by atoms with Crippen LogP contribution in [0.4, 0.5) is 27.9 Å². The van der Waals surface area contributed by atoms with E-state index >= 15 is 0 Å². The summed E-state index contributed by atoms with van der Waals surface area (Å²) in [7, 11) is -2.75. The number of alkyl halides is 4. The zero-order valence-electron chi connectivity index (χ0n) is 19.8. The summed E-state index contributed by atoms with van der Waals surface area (Å²) in [4.78, 5) is 21.1. The standard InChI is InChI=1S/C24H22F5N5O3S/c1-30-23-32-18(11-20(33-23)14-2-4-15(5-3-14)24(27,28)29)12-31-22(35)21-10-17(26)13-34(21)38(36,37)19-8-6-16(25)7-9-19/h2-9,11,17,21H,10,12-13H2,1H3,(H,31,35)(H,30,32,33)/t17-,21+/m1/s1. The lowest BCUT2D eigenvalue weighted by molar-refractivity contribution is -0.137. The minimum atomic E-state index is -4.49. The molecule has 38 heavy (non-hydrogen) atoms. The fourth-order valence-electron chi connectivity index (χ4n) is 3.98. The van der Waals surface area contributed by atoms with Crippen LogP contribution in [0.1, 0.15) is 17.7 Å². The highest BCUT2D eigenvalue weighted by molar-refractivity contribution is 7.89. The van der Waals surface area contributed by atoms with Crippen LogP contribution >= 0.6 is 0 Å². The van der Waals surface area contributed by atoms with E-state index in [4.69, 9.17) is 0 Å². The number of sulfonamides is 1. The average Bonchev–Trinajstić information content (AvgIpc) is 3.29. The second-order valence-corrected chi connectivity index (χ2v) is 10.4. The van der Waals surface area contributed by atoms with Crippen LogP contribution in [0.3, 0.4) is 0 Å². The molecule has 2 atom stereocenters. The van der Waals surface area contributed by atoms with E-state index in [-0.39, 0.29) is 35.2 Å². The predicted octanol–water partition coefficient (Wildman–Crippen LogP) is 3.76. The highest BCUT2D eigenvalue weighted by Gasteiger charge is 2.44. The molecule has 14 heteroatoms. The van der Waals surface area contributed by atoms with Crippen LogP contribution in [0.2, 0.25) is 0 Å². The van der Waals surface area contributed by atoms with Crippen LogP contribution in [0.15, 0.2) is 59.5 Å². The molecule has 1 amide bonds. The zero-order valence-corrected chi connectivity index (χ0v) is 20.7. The third-order valence-electron chi connectivity index (χ3n) is 5.88. The molecule has 2 heterocycles. The van der Waals surface area contributed by atoms with E-state index in [2.05, 4.69) is 20.6 Å². The van der Waals surface area contributed by atoms with Crippen LogP contribution in [0.5, 0.6) is 0 Å². The molecule has 0 bridgehead atoms. The van der Waals surface area contributed by atoms with E-state index < -0.39 is 52.2 Å². The van der Waals surface area contributed by atoms with Crippen LogP contribution in [-0.4, -0.2) is 54.4 Å². The van der Waals surface area contributed by atoms with E-state index in [0.717, 1.165) is 40.7 Å². The first-order chi connectivity index (χ1) is 17.9. The maximum Gasteiger partial charge on any atom is 0.416 e. The normalized spacial score (nSPS) is 18.4. The monoisotopic (exact) mass is 555 g/mol. The van der Waals surface area contributed by atoms with Gasteiger partial charge in [-0.15, -0.1) is 0 Å². The maximum absolute atomic E-state index is 14.3. The Balaban J connectivity index is 1.52. The Labute approximate surface area is 215 Å². The van der Waals surface area contributed by atoms with Crippen molar-refractivity contribution < 1.29 is 35.2 Å². The van der Waals surface area contributed by atoms with Gasteiger partial charge in [-0.3, -0.25) is 4.79 Å². The lowest BCUT2D eigenvalue weighted by Gasteiger charge is -2.23. The van der Waals surface area contributed by atoms with Crippen LogP contribution in [0.25, 0.3) is 11.3 Å². The van der Waals surface area contributed by atoms with Crippen molar-refractivity contribution in [2.45, 2.75) is 36.3 Å². The molecule has 2 N–H and O–H groups in total. The highest BCUT2D eigenvalue weighted by Crippen LogP contribution is 2.31. The Morgan fingerprint density at radius 1 is 1.08 bits per heavy atom. The lowest BCUT2D eigenvalue weighted by atomic mass is 10.1. The molecule has 3 aromatic rings. The quantitative estimate of drug-likeness (QED) is 0.431. The molecule has 0 radical (unpaired) electrons. The van der Waals surface area contributed by atoms with Crippen molar-refractivity contribution in [1.82, 2.24) is 19.6 Å². The van der Waals surface area contributed by atoms with Crippen molar-refractivity contribution in [3.05, 3.63) is 71.7 Å². The summed E-state index contributed by atoms with van der Waals surface area (Å²) in [6.45, 7) is -0.727. The molecule has 1 saturated heterocycles. The molecule has 1 fully saturated rings. The molecule has 0 aliphatic carbocycles. The van der Waals surface area contributed by atoms with Gasteiger partial charge in [0, 0.05) is 25.6 Å². The number of carbonyl (C=O) groups excluding carboxylic acids is 1. The molecule has 4 rings (SSSR count). The van der Waals surface area contributed by atoms with Crippen molar-refractivity contribution in [3.8, 4) is 11.3 Å². The third-order valence-corrected chi connectivity index (χ3v) is 7.77. The summed E-state index contributed by atoms with van der Waals surface area (Å²) in [6.07, 6.45) is -6.44. The number of aromatic nitrogens is 2. The van der Waals surface area contributed by atoms with Gasteiger partial charge in [0.05, 0.1) is 28.4 Å². The summed E-state index contributed by atoms with van der Waals surface area (Å²) in [5.74, 6) is -1.28. The van der Waals surface area contributed by atoms with Gasteiger partial charge in [0.25, 0.3) is 0 Å². The first-order valence-electron chi connectivity index (χ1n) is 11.3. The number of halogens is 5. The van der Waals surface area contributed by atoms with Gasteiger partial charge in [0.15, 0.2) is 0 Å². The first-order valence-corrected chi connectivity index (χ1v) is 12.7. The second-order valence-electron chi connectivity index (χ2n) is 8.49. The molecular formula is C24H22F5N5O3S. The van der Waals surface area contributed by atoms with E-state index in [1.54, 1.807) is 0 Å². The van der Waals surface area contributed by atoms with Crippen LogP contribution < -0.4 is 10.6 Å². The number of carbonyl (C=O) groups is 1. The summed E-state index contributed by atoms with van der Waals surface area (Å²) < 4.78 is 92.9. The molecule has 1 aromatic heterocycles. The SMILES string of the molecule is CNc1nc(CNC(=O)[C@@H]2C[C@@H](F)CN2S(=O)(=O)c2ccc(F)cc2)cc(-c2ccc(C(F)(F)F)cc2)n1. The van der Waals surface area contributed by atoms with Gasteiger partial charge in [0.1, 0.15) is 18.0 Å². The Kier molecular flexibility index (Phi) is 7.65. The fraction of sp³-hybridized carbons (Fsp3) is 0.292. The van der Waals surface area contributed by atoms with Gasteiger partial charge in [-0.25, -0.2) is 27.2 Å². The number of nitrogens with zero attached hydrogens (tertiary/aromatic N) is 3. The van der Waals surface area contributed by atoms with Gasteiger partial charge in [0.2, 0.25) is 21.9 Å². The fourth-order valence-corrected chi connectivity index (χ4v) is 5.60. The van der Waals surface area contributed by atoms with Crippen molar-refractivity contribution in [3.63, 3.8) is 0 Å². The van der Waals surface area contributed by atoms with Crippen LogP contribution in [0, 0.1) is 5.82 Å². The smallest absolute Gasteiger partial charge is 0.357 e. The minimum absolute atomic E-state index is 0.136. The molecule has 1 aliphatic heterocycles. The molecule has 0 spiro atoms.